The lowest BCUT2D eigenvalue weighted by Gasteiger charge is -2.35. The molecule has 1 saturated heterocycles. The molecule has 1 aromatic carbocycles. The Balaban J connectivity index is 1.56. The number of fused-ring (bicyclic) bond motifs is 1. The summed E-state index contributed by atoms with van der Waals surface area (Å²) in [7, 11) is -3.49. The first-order valence-electron chi connectivity index (χ1n) is 9.04. The molecule has 0 aromatic heterocycles. The Bertz CT molecular complexity index is 767. The van der Waals surface area contributed by atoms with Gasteiger partial charge in [-0.05, 0) is 42.5 Å². The standard InChI is InChI=1S/C18H24N2O4S/c21-18(15-2-1-3-15)19-7-6-14-4-5-17(12-16(14)13-19)25(22,23)20-8-10-24-11-9-20/h4-5,12,15H,1-3,6-11,13H2. The van der Waals surface area contributed by atoms with Gasteiger partial charge < -0.3 is 9.64 Å². The molecule has 6 nitrogen and oxygen atoms in total. The SMILES string of the molecule is O=C(C1CCC1)N1CCc2ccc(S(=O)(=O)N3CCOCC3)cc2C1. The van der Waals surface area contributed by atoms with Crippen molar-refractivity contribution in [1.82, 2.24) is 9.21 Å². The fraction of sp³-hybridized carbons (Fsp3) is 0.611. The van der Waals surface area contributed by atoms with Gasteiger partial charge in [0.25, 0.3) is 0 Å². The first-order chi connectivity index (χ1) is 12.1. The number of morpholine rings is 1. The smallest absolute Gasteiger partial charge is 0.243 e. The molecule has 1 aromatic rings. The van der Waals surface area contributed by atoms with E-state index in [2.05, 4.69) is 0 Å². The van der Waals surface area contributed by atoms with Crippen LogP contribution in [0.1, 0.15) is 30.4 Å². The van der Waals surface area contributed by atoms with E-state index in [1.54, 1.807) is 12.1 Å². The average Bonchev–Trinajstić information content (AvgIpc) is 2.60. The zero-order valence-corrected chi connectivity index (χ0v) is 15.1. The molecule has 25 heavy (non-hydrogen) atoms. The molecule has 1 aliphatic carbocycles. The van der Waals surface area contributed by atoms with Gasteiger partial charge in [0.1, 0.15) is 0 Å². The molecule has 0 N–H and O–H groups in total. The number of sulfonamides is 1. The topological polar surface area (TPSA) is 66.9 Å². The first-order valence-corrected chi connectivity index (χ1v) is 10.5. The summed E-state index contributed by atoms with van der Waals surface area (Å²) in [6.45, 7) is 2.92. The van der Waals surface area contributed by atoms with Crippen LogP contribution in [0.25, 0.3) is 0 Å². The van der Waals surface area contributed by atoms with Gasteiger partial charge in [-0.15, -0.1) is 0 Å². The molecule has 0 spiro atoms. The number of rotatable bonds is 3. The molecule has 0 bridgehead atoms. The van der Waals surface area contributed by atoms with Crippen molar-refractivity contribution in [3.8, 4) is 0 Å². The summed E-state index contributed by atoms with van der Waals surface area (Å²) in [4.78, 5) is 14.7. The van der Waals surface area contributed by atoms with Crippen LogP contribution >= 0.6 is 0 Å². The minimum atomic E-state index is -3.49. The minimum absolute atomic E-state index is 0.182. The lowest BCUT2D eigenvalue weighted by molar-refractivity contribution is -0.139. The van der Waals surface area contributed by atoms with Gasteiger partial charge in [-0.2, -0.15) is 4.31 Å². The van der Waals surface area contributed by atoms with Crippen LogP contribution in [0, 0.1) is 5.92 Å². The lowest BCUT2D eigenvalue weighted by Crippen LogP contribution is -2.42. The van der Waals surface area contributed by atoms with E-state index in [1.807, 2.05) is 11.0 Å². The Morgan fingerprint density at radius 1 is 1.08 bits per heavy atom. The average molecular weight is 364 g/mol. The molecule has 0 radical (unpaired) electrons. The van der Waals surface area contributed by atoms with Gasteiger partial charge in [0.15, 0.2) is 0 Å². The normalized spacial score (nSPS) is 22.3. The van der Waals surface area contributed by atoms with Crippen molar-refractivity contribution < 1.29 is 17.9 Å². The number of carbonyl (C=O) groups excluding carboxylic acids is 1. The number of hydrogen-bond donors (Lipinski definition) is 0. The number of hydrogen-bond acceptors (Lipinski definition) is 4. The van der Waals surface area contributed by atoms with Crippen molar-refractivity contribution in [3.63, 3.8) is 0 Å². The van der Waals surface area contributed by atoms with Crippen LogP contribution in [0.5, 0.6) is 0 Å². The Hall–Kier alpha value is -1.44. The van der Waals surface area contributed by atoms with E-state index in [-0.39, 0.29) is 11.8 Å². The zero-order chi connectivity index (χ0) is 17.4. The molecule has 2 aliphatic heterocycles. The molecule has 3 aliphatic rings. The van der Waals surface area contributed by atoms with Crippen molar-refractivity contribution in [1.29, 1.82) is 0 Å². The van der Waals surface area contributed by atoms with E-state index in [0.717, 1.165) is 43.4 Å². The molecule has 4 rings (SSSR count). The first kappa shape index (κ1) is 17.0. The highest BCUT2D eigenvalue weighted by Gasteiger charge is 2.32. The van der Waals surface area contributed by atoms with E-state index in [1.165, 1.54) is 4.31 Å². The molecule has 136 valence electrons. The van der Waals surface area contributed by atoms with Gasteiger partial charge in [0, 0.05) is 32.1 Å². The van der Waals surface area contributed by atoms with E-state index >= 15 is 0 Å². The van der Waals surface area contributed by atoms with Crippen molar-refractivity contribution in [2.24, 2.45) is 5.92 Å². The number of benzene rings is 1. The third-order valence-electron chi connectivity index (χ3n) is 5.56. The Morgan fingerprint density at radius 3 is 2.52 bits per heavy atom. The van der Waals surface area contributed by atoms with E-state index < -0.39 is 10.0 Å². The molecule has 0 unspecified atom stereocenters. The predicted molar refractivity (Wildman–Crippen MR) is 92.5 cm³/mol. The molecular weight excluding hydrogens is 340 g/mol. The van der Waals surface area contributed by atoms with Crippen LogP contribution < -0.4 is 0 Å². The summed E-state index contributed by atoms with van der Waals surface area (Å²) < 4.78 is 32.4. The predicted octanol–water partition coefficient (Wildman–Crippen LogP) is 1.39. The quantitative estimate of drug-likeness (QED) is 0.813. The second-order valence-corrected chi connectivity index (χ2v) is 9.02. The van der Waals surface area contributed by atoms with Crippen molar-refractivity contribution in [2.45, 2.75) is 37.1 Å². The zero-order valence-electron chi connectivity index (χ0n) is 14.3. The van der Waals surface area contributed by atoms with Gasteiger partial charge in [-0.3, -0.25) is 4.79 Å². The summed E-state index contributed by atoms with van der Waals surface area (Å²) in [6, 6.07) is 5.38. The maximum atomic E-state index is 12.8. The fourth-order valence-corrected chi connectivity index (χ4v) is 5.19. The van der Waals surface area contributed by atoms with E-state index in [9.17, 15) is 13.2 Å². The van der Waals surface area contributed by atoms with Crippen LogP contribution in [-0.4, -0.2) is 56.4 Å². The van der Waals surface area contributed by atoms with Crippen LogP contribution in [-0.2, 0) is 32.5 Å². The summed E-state index contributed by atoms with van der Waals surface area (Å²) in [6.07, 6.45) is 3.93. The van der Waals surface area contributed by atoms with Gasteiger partial charge in [0.2, 0.25) is 15.9 Å². The van der Waals surface area contributed by atoms with Crippen LogP contribution in [0.4, 0.5) is 0 Å². The third kappa shape index (κ3) is 3.20. The highest BCUT2D eigenvalue weighted by molar-refractivity contribution is 7.89. The summed E-state index contributed by atoms with van der Waals surface area (Å²) >= 11 is 0. The Labute approximate surface area is 148 Å². The van der Waals surface area contributed by atoms with Gasteiger partial charge in [-0.1, -0.05) is 12.5 Å². The molecule has 7 heteroatoms. The number of nitrogens with zero attached hydrogens (tertiary/aromatic N) is 2. The molecule has 1 amide bonds. The third-order valence-corrected chi connectivity index (χ3v) is 7.46. The van der Waals surface area contributed by atoms with Crippen LogP contribution in [0.2, 0.25) is 0 Å². The minimum Gasteiger partial charge on any atom is -0.379 e. The molecule has 2 fully saturated rings. The van der Waals surface area contributed by atoms with Gasteiger partial charge >= 0.3 is 0 Å². The number of carbonyl (C=O) groups is 1. The lowest BCUT2D eigenvalue weighted by atomic mass is 9.84. The molecule has 1 saturated carbocycles. The maximum Gasteiger partial charge on any atom is 0.243 e. The van der Waals surface area contributed by atoms with Crippen molar-refractivity contribution in [2.75, 3.05) is 32.8 Å². The Morgan fingerprint density at radius 2 is 1.84 bits per heavy atom. The Kier molecular flexibility index (Phi) is 4.56. The van der Waals surface area contributed by atoms with Crippen molar-refractivity contribution in [3.05, 3.63) is 29.3 Å². The highest BCUT2D eigenvalue weighted by Crippen LogP contribution is 2.31. The number of amides is 1. The monoisotopic (exact) mass is 364 g/mol. The molecular formula is C18H24N2O4S. The molecule has 2 heterocycles. The van der Waals surface area contributed by atoms with Crippen LogP contribution in [0.15, 0.2) is 23.1 Å². The number of ether oxygens (including phenoxy) is 1. The van der Waals surface area contributed by atoms with Gasteiger partial charge in [-0.25, -0.2) is 8.42 Å². The van der Waals surface area contributed by atoms with Crippen LogP contribution in [0.3, 0.4) is 0 Å². The summed E-state index contributed by atoms with van der Waals surface area (Å²) in [5.74, 6) is 0.417. The molecule has 0 atom stereocenters. The fourth-order valence-electron chi connectivity index (χ4n) is 3.73. The summed E-state index contributed by atoms with van der Waals surface area (Å²) in [5, 5.41) is 0. The highest BCUT2D eigenvalue weighted by atomic mass is 32.2. The van der Waals surface area contributed by atoms with E-state index in [4.69, 9.17) is 4.74 Å². The van der Waals surface area contributed by atoms with E-state index in [0.29, 0.717) is 37.7 Å². The second-order valence-electron chi connectivity index (χ2n) is 7.08. The second kappa shape index (κ2) is 6.70. The summed E-state index contributed by atoms with van der Waals surface area (Å²) in [5.41, 5.74) is 2.12. The largest absolute Gasteiger partial charge is 0.379 e. The van der Waals surface area contributed by atoms with Gasteiger partial charge in [0.05, 0.1) is 18.1 Å². The maximum absolute atomic E-state index is 12.8. The van der Waals surface area contributed by atoms with Crippen molar-refractivity contribution >= 4 is 15.9 Å².